The molecule has 0 spiro atoms. The third-order valence-corrected chi connectivity index (χ3v) is 2.71. The van der Waals surface area contributed by atoms with E-state index in [9.17, 15) is 4.79 Å². The van der Waals surface area contributed by atoms with Gasteiger partial charge in [0.2, 0.25) is 5.89 Å². The summed E-state index contributed by atoms with van der Waals surface area (Å²) in [7, 11) is 0. The van der Waals surface area contributed by atoms with E-state index in [1.54, 1.807) is 0 Å². The predicted molar refractivity (Wildman–Crippen MR) is 51.2 cm³/mol. The van der Waals surface area contributed by atoms with Gasteiger partial charge in [-0.15, -0.1) is 10.2 Å². The molecule has 15 heavy (non-hydrogen) atoms. The van der Waals surface area contributed by atoms with Gasteiger partial charge in [0.15, 0.2) is 0 Å². The molecule has 0 saturated carbocycles. The molecule has 1 fully saturated rings. The number of carbonyl (C=O) groups is 1. The normalized spacial score (nSPS) is 20.1. The van der Waals surface area contributed by atoms with Gasteiger partial charge >= 0.3 is 6.09 Å². The molecule has 82 valence electrons. The predicted octanol–water partition coefficient (Wildman–Crippen LogP) is -0.271. The molecule has 8 heteroatoms. The number of nitrogens with zero attached hydrogens (tertiary/aromatic N) is 2. The minimum absolute atomic E-state index is 0.143. The second kappa shape index (κ2) is 4.49. The van der Waals surface area contributed by atoms with Crippen LogP contribution in [0.15, 0.2) is 9.64 Å². The Hall–Kier alpha value is -1.28. The fraction of sp³-hybridized carbons (Fsp3) is 0.571. The highest BCUT2D eigenvalue weighted by Crippen LogP contribution is 2.18. The molecule has 0 bridgehead atoms. The van der Waals surface area contributed by atoms with Gasteiger partial charge in [0.25, 0.3) is 5.22 Å². The van der Waals surface area contributed by atoms with Crippen LogP contribution in [0.4, 0.5) is 4.79 Å². The molecule has 2 heterocycles. The topological polar surface area (TPSA) is 103 Å². The molecule has 1 aromatic rings. The second-order valence-electron chi connectivity index (χ2n) is 2.89. The molecule has 2 rings (SSSR count). The minimum atomic E-state index is -0.381. The van der Waals surface area contributed by atoms with E-state index in [0.717, 1.165) is 0 Å². The van der Waals surface area contributed by atoms with Gasteiger partial charge < -0.3 is 20.2 Å². The number of alkyl carbamates (subject to hydrolysis) is 1. The van der Waals surface area contributed by atoms with Crippen molar-refractivity contribution in [3.63, 3.8) is 0 Å². The Labute approximate surface area is 89.7 Å². The Morgan fingerprint density at radius 1 is 1.60 bits per heavy atom. The molecule has 1 aliphatic rings. The van der Waals surface area contributed by atoms with Gasteiger partial charge in [0.05, 0.1) is 13.1 Å². The van der Waals surface area contributed by atoms with Crippen LogP contribution in [-0.2, 0) is 11.3 Å². The highest BCUT2D eigenvalue weighted by molar-refractivity contribution is 7.99. The van der Waals surface area contributed by atoms with Crippen LogP contribution < -0.4 is 11.1 Å². The van der Waals surface area contributed by atoms with Crippen molar-refractivity contribution in [1.29, 1.82) is 0 Å². The number of aromatic nitrogens is 2. The lowest BCUT2D eigenvalue weighted by Gasteiger charge is -2.03. The van der Waals surface area contributed by atoms with Crippen molar-refractivity contribution in [3.05, 3.63) is 5.89 Å². The third kappa shape index (κ3) is 2.60. The summed E-state index contributed by atoms with van der Waals surface area (Å²) in [5.41, 5.74) is 5.31. The van der Waals surface area contributed by atoms with E-state index < -0.39 is 0 Å². The quantitative estimate of drug-likeness (QED) is 0.686. The highest BCUT2D eigenvalue weighted by Gasteiger charge is 2.23. The zero-order valence-corrected chi connectivity index (χ0v) is 8.62. The van der Waals surface area contributed by atoms with Crippen LogP contribution >= 0.6 is 11.8 Å². The number of nitrogens with one attached hydrogen (secondary N) is 1. The Kier molecular flexibility index (Phi) is 3.07. The number of hydrogen-bond acceptors (Lipinski definition) is 7. The number of nitrogens with two attached hydrogens (primary N) is 1. The maximum absolute atomic E-state index is 10.7. The Morgan fingerprint density at radius 2 is 2.47 bits per heavy atom. The molecule has 7 nitrogen and oxygen atoms in total. The molecule has 1 aromatic heterocycles. The van der Waals surface area contributed by atoms with Crippen molar-refractivity contribution in [1.82, 2.24) is 15.5 Å². The fourth-order valence-electron chi connectivity index (χ4n) is 1.07. The van der Waals surface area contributed by atoms with Crippen LogP contribution in [0.2, 0.25) is 0 Å². The summed E-state index contributed by atoms with van der Waals surface area (Å²) in [5.74, 6) is 0.990. The van der Waals surface area contributed by atoms with Crippen LogP contribution in [0.25, 0.3) is 0 Å². The highest BCUT2D eigenvalue weighted by atomic mass is 32.2. The molecule has 1 amide bonds. The minimum Gasteiger partial charge on any atom is -0.443 e. The van der Waals surface area contributed by atoms with Crippen molar-refractivity contribution in [2.75, 3.05) is 12.3 Å². The largest absolute Gasteiger partial charge is 0.443 e. The van der Waals surface area contributed by atoms with Crippen molar-refractivity contribution in [3.8, 4) is 0 Å². The van der Waals surface area contributed by atoms with Crippen molar-refractivity contribution in [2.45, 2.75) is 17.9 Å². The van der Waals surface area contributed by atoms with Gasteiger partial charge in [-0.25, -0.2) is 4.79 Å². The summed E-state index contributed by atoms with van der Waals surface area (Å²) in [6.07, 6.45) is -0.524. The second-order valence-corrected chi connectivity index (χ2v) is 3.86. The first-order valence-electron chi connectivity index (χ1n) is 4.37. The third-order valence-electron chi connectivity index (χ3n) is 1.76. The van der Waals surface area contributed by atoms with Crippen LogP contribution in [0.3, 0.4) is 0 Å². The molecule has 0 aliphatic carbocycles. The maximum atomic E-state index is 10.7. The molecule has 1 saturated heterocycles. The first-order chi connectivity index (χ1) is 7.28. The first kappa shape index (κ1) is 10.2. The Balaban J connectivity index is 1.80. The van der Waals surface area contributed by atoms with Crippen LogP contribution in [-0.4, -0.2) is 34.7 Å². The summed E-state index contributed by atoms with van der Waals surface area (Å²) in [6.45, 7) is 0.747. The standard InChI is InChI=1S/C7H10N4O3S/c8-1-5-10-11-7(14-5)15-3-4-2-9-6(12)13-4/h4H,1-3,8H2,(H,9,12). The number of hydrogen-bond donors (Lipinski definition) is 2. The maximum Gasteiger partial charge on any atom is 0.407 e. The molecule has 0 radical (unpaired) electrons. The number of rotatable bonds is 4. The monoisotopic (exact) mass is 230 g/mol. The lowest BCUT2D eigenvalue weighted by atomic mass is 10.4. The fourth-order valence-corrected chi connectivity index (χ4v) is 1.84. The Morgan fingerprint density at radius 3 is 3.07 bits per heavy atom. The number of cyclic esters (lactones) is 1. The number of amides is 1. The van der Waals surface area contributed by atoms with Crippen molar-refractivity contribution < 1.29 is 13.9 Å². The smallest absolute Gasteiger partial charge is 0.407 e. The van der Waals surface area contributed by atoms with E-state index in [4.69, 9.17) is 14.9 Å². The zero-order chi connectivity index (χ0) is 10.7. The van der Waals surface area contributed by atoms with Crippen LogP contribution in [0.5, 0.6) is 0 Å². The van der Waals surface area contributed by atoms with E-state index in [2.05, 4.69) is 15.5 Å². The summed E-state index contributed by atoms with van der Waals surface area (Å²) in [6, 6.07) is 0. The summed E-state index contributed by atoms with van der Waals surface area (Å²) in [4.78, 5) is 10.7. The summed E-state index contributed by atoms with van der Waals surface area (Å²) < 4.78 is 10.1. The van der Waals surface area contributed by atoms with E-state index in [0.29, 0.717) is 23.4 Å². The van der Waals surface area contributed by atoms with Crippen LogP contribution in [0, 0.1) is 0 Å². The molecule has 0 aromatic carbocycles. The van der Waals surface area contributed by atoms with Gasteiger partial charge in [-0.3, -0.25) is 0 Å². The van der Waals surface area contributed by atoms with E-state index in [1.807, 2.05) is 0 Å². The molecule has 3 N–H and O–H groups in total. The van der Waals surface area contributed by atoms with Crippen molar-refractivity contribution >= 4 is 17.9 Å². The van der Waals surface area contributed by atoms with Gasteiger partial charge in [-0.05, 0) is 0 Å². The molecular formula is C7H10N4O3S. The first-order valence-corrected chi connectivity index (χ1v) is 5.36. The summed E-state index contributed by atoms with van der Waals surface area (Å²) in [5, 5.41) is 10.5. The Bertz CT molecular complexity index is 356. The molecule has 1 aliphatic heterocycles. The molecule has 1 atom stereocenters. The SMILES string of the molecule is NCc1nnc(SCC2CNC(=O)O2)o1. The van der Waals surface area contributed by atoms with E-state index >= 15 is 0 Å². The van der Waals surface area contributed by atoms with Gasteiger partial charge in [-0.2, -0.15) is 0 Å². The number of ether oxygens (including phenoxy) is 1. The number of thioether (sulfide) groups is 1. The number of carbonyl (C=O) groups excluding carboxylic acids is 1. The van der Waals surface area contributed by atoms with Crippen molar-refractivity contribution in [2.24, 2.45) is 5.73 Å². The lowest BCUT2D eigenvalue weighted by Crippen LogP contribution is -2.16. The van der Waals surface area contributed by atoms with Gasteiger partial charge in [-0.1, -0.05) is 11.8 Å². The zero-order valence-electron chi connectivity index (χ0n) is 7.80. The summed E-state index contributed by atoms with van der Waals surface area (Å²) >= 11 is 1.34. The van der Waals surface area contributed by atoms with Gasteiger partial charge in [0, 0.05) is 5.75 Å². The van der Waals surface area contributed by atoms with E-state index in [1.165, 1.54) is 11.8 Å². The van der Waals surface area contributed by atoms with E-state index in [-0.39, 0.29) is 18.7 Å². The average Bonchev–Trinajstić information content (AvgIpc) is 2.83. The van der Waals surface area contributed by atoms with Crippen LogP contribution in [0.1, 0.15) is 5.89 Å². The molecular weight excluding hydrogens is 220 g/mol. The van der Waals surface area contributed by atoms with Gasteiger partial charge in [0.1, 0.15) is 6.10 Å². The lowest BCUT2D eigenvalue weighted by molar-refractivity contribution is 0.150. The average molecular weight is 230 g/mol. The molecule has 1 unspecified atom stereocenters.